The summed E-state index contributed by atoms with van der Waals surface area (Å²) in [5, 5.41) is 8.39. The largest absolute Gasteiger partial charge is 0.472 e. The molecule has 1 aromatic carbocycles. The molecule has 0 fully saturated rings. The van der Waals surface area contributed by atoms with Crippen molar-refractivity contribution in [3.05, 3.63) is 29.8 Å². The first-order valence-electron chi connectivity index (χ1n) is 4.82. The molecule has 0 amide bonds. The standard InChI is InChI=1S/C12H11NO2/c14-12(15)6-3-8-13-9-7-10-4-1-2-5-11(10)13/h1-2,4-5H,7-9H2,(H,14,15). The second kappa shape index (κ2) is 4.05. The number of benzene rings is 1. The summed E-state index contributed by atoms with van der Waals surface area (Å²) in [5.74, 6) is 3.71. The maximum absolute atomic E-state index is 10.2. The zero-order valence-electron chi connectivity index (χ0n) is 8.23. The van der Waals surface area contributed by atoms with E-state index in [-0.39, 0.29) is 0 Å². The van der Waals surface area contributed by atoms with E-state index < -0.39 is 5.97 Å². The molecule has 3 nitrogen and oxygen atoms in total. The van der Waals surface area contributed by atoms with Gasteiger partial charge in [0.1, 0.15) is 0 Å². The Morgan fingerprint density at radius 2 is 2.27 bits per heavy atom. The van der Waals surface area contributed by atoms with Gasteiger partial charge in [0.25, 0.3) is 0 Å². The van der Waals surface area contributed by atoms with Gasteiger partial charge in [0.2, 0.25) is 0 Å². The lowest BCUT2D eigenvalue weighted by Gasteiger charge is -2.15. The van der Waals surface area contributed by atoms with Crippen molar-refractivity contribution in [1.29, 1.82) is 0 Å². The number of anilines is 1. The van der Waals surface area contributed by atoms with Crippen molar-refractivity contribution in [1.82, 2.24) is 0 Å². The highest BCUT2D eigenvalue weighted by molar-refractivity contribution is 5.86. The van der Waals surface area contributed by atoms with Crippen molar-refractivity contribution in [2.75, 3.05) is 18.0 Å². The predicted molar refractivity (Wildman–Crippen MR) is 57.8 cm³/mol. The maximum atomic E-state index is 10.2. The quantitative estimate of drug-likeness (QED) is 0.692. The summed E-state index contributed by atoms with van der Waals surface area (Å²) >= 11 is 0. The number of carbonyl (C=O) groups is 1. The molecular formula is C12H11NO2. The minimum atomic E-state index is -1.07. The van der Waals surface area contributed by atoms with Crippen LogP contribution in [0, 0.1) is 11.8 Å². The number of rotatable bonds is 1. The third kappa shape index (κ3) is 2.10. The Labute approximate surface area is 88.3 Å². The van der Waals surface area contributed by atoms with Crippen LogP contribution in [0.1, 0.15) is 5.56 Å². The minimum Gasteiger partial charge on any atom is -0.472 e. The fourth-order valence-corrected chi connectivity index (χ4v) is 1.78. The molecule has 3 heteroatoms. The van der Waals surface area contributed by atoms with Crippen LogP contribution in [0.5, 0.6) is 0 Å². The van der Waals surface area contributed by atoms with Gasteiger partial charge in [-0.15, -0.1) is 0 Å². The highest BCUT2D eigenvalue weighted by atomic mass is 16.4. The molecule has 0 bridgehead atoms. The van der Waals surface area contributed by atoms with Crippen molar-refractivity contribution in [3.63, 3.8) is 0 Å². The number of nitrogens with zero attached hydrogens (tertiary/aromatic N) is 1. The fraction of sp³-hybridized carbons (Fsp3) is 0.250. The van der Waals surface area contributed by atoms with Crippen molar-refractivity contribution in [3.8, 4) is 11.8 Å². The normalized spacial score (nSPS) is 12.9. The van der Waals surface area contributed by atoms with Gasteiger partial charge in [0.05, 0.1) is 6.54 Å². The van der Waals surface area contributed by atoms with Gasteiger partial charge in [0.15, 0.2) is 0 Å². The molecule has 0 atom stereocenters. The molecule has 0 unspecified atom stereocenters. The van der Waals surface area contributed by atoms with E-state index in [2.05, 4.69) is 22.8 Å². The van der Waals surface area contributed by atoms with E-state index >= 15 is 0 Å². The SMILES string of the molecule is O=C(O)C#CCN1CCc2ccccc21. The van der Waals surface area contributed by atoms with Crippen molar-refractivity contribution in [2.24, 2.45) is 0 Å². The number of hydrogen-bond acceptors (Lipinski definition) is 2. The average Bonchev–Trinajstić information content (AvgIpc) is 2.62. The van der Waals surface area contributed by atoms with Gasteiger partial charge in [-0.1, -0.05) is 24.1 Å². The average molecular weight is 201 g/mol. The Morgan fingerprint density at radius 3 is 3.07 bits per heavy atom. The Kier molecular flexibility index (Phi) is 2.59. The van der Waals surface area contributed by atoms with Gasteiger partial charge < -0.3 is 10.0 Å². The molecule has 1 aromatic rings. The molecule has 1 aliphatic rings. The molecule has 0 radical (unpaired) electrons. The lowest BCUT2D eigenvalue weighted by Crippen LogP contribution is -2.20. The number of carboxylic acids is 1. The lowest BCUT2D eigenvalue weighted by atomic mass is 10.2. The lowest BCUT2D eigenvalue weighted by molar-refractivity contribution is -0.130. The summed E-state index contributed by atoms with van der Waals surface area (Å²) in [6.07, 6.45) is 1.02. The minimum absolute atomic E-state index is 0.489. The zero-order chi connectivity index (χ0) is 10.7. The van der Waals surface area contributed by atoms with Gasteiger partial charge in [-0.3, -0.25) is 0 Å². The van der Waals surface area contributed by atoms with E-state index in [1.165, 1.54) is 11.3 Å². The molecule has 1 heterocycles. The highest BCUT2D eigenvalue weighted by Crippen LogP contribution is 2.26. The Hall–Kier alpha value is -1.95. The van der Waals surface area contributed by atoms with Crippen molar-refractivity contribution < 1.29 is 9.90 Å². The highest BCUT2D eigenvalue weighted by Gasteiger charge is 2.16. The van der Waals surface area contributed by atoms with Crippen LogP contribution in [0.3, 0.4) is 0 Å². The monoisotopic (exact) mass is 201 g/mol. The number of hydrogen-bond donors (Lipinski definition) is 1. The summed E-state index contributed by atoms with van der Waals surface area (Å²) in [5.41, 5.74) is 2.49. The predicted octanol–water partition coefficient (Wildman–Crippen LogP) is 1.14. The molecule has 0 saturated carbocycles. The molecule has 0 spiro atoms. The van der Waals surface area contributed by atoms with E-state index in [9.17, 15) is 4.79 Å². The van der Waals surface area contributed by atoms with Gasteiger partial charge >= 0.3 is 5.97 Å². The number of aliphatic carboxylic acids is 1. The summed E-state index contributed by atoms with van der Waals surface area (Å²) in [6, 6.07) is 8.15. The molecule has 15 heavy (non-hydrogen) atoms. The summed E-state index contributed by atoms with van der Waals surface area (Å²) < 4.78 is 0. The molecule has 0 aromatic heterocycles. The van der Waals surface area contributed by atoms with Gasteiger partial charge in [-0.25, -0.2) is 4.79 Å². The van der Waals surface area contributed by atoms with Gasteiger partial charge in [-0.05, 0) is 18.1 Å². The third-order valence-corrected chi connectivity index (χ3v) is 2.45. The second-order valence-corrected chi connectivity index (χ2v) is 3.41. The first-order chi connectivity index (χ1) is 7.27. The number of para-hydroxylation sites is 1. The van der Waals surface area contributed by atoms with Gasteiger partial charge in [-0.2, -0.15) is 0 Å². The molecule has 0 aliphatic carbocycles. The van der Waals surface area contributed by atoms with Crippen LogP contribution in [0.25, 0.3) is 0 Å². The van der Waals surface area contributed by atoms with Crippen molar-refractivity contribution in [2.45, 2.75) is 6.42 Å². The Balaban J connectivity index is 2.09. The first kappa shape index (κ1) is 9.60. The molecule has 1 N–H and O–H groups in total. The van der Waals surface area contributed by atoms with E-state index in [0.29, 0.717) is 6.54 Å². The zero-order valence-corrected chi connectivity index (χ0v) is 8.23. The van der Waals surface area contributed by atoms with E-state index in [1.807, 2.05) is 18.2 Å². The van der Waals surface area contributed by atoms with E-state index in [1.54, 1.807) is 0 Å². The molecule has 2 rings (SSSR count). The van der Waals surface area contributed by atoms with E-state index in [0.717, 1.165) is 13.0 Å². The number of carboxylic acid groups (broad SMARTS) is 1. The molecular weight excluding hydrogens is 190 g/mol. The van der Waals surface area contributed by atoms with Crippen LogP contribution in [0.2, 0.25) is 0 Å². The Bertz CT molecular complexity index is 442. The third-order valence-electron chi connectivity index (χ3n) is 2.45. The Morgan fingerprint density at radius 1 is 1.47 bits per heavy atom. The van der Waals surface area contributed by atoms with Crippen LogP contribution in [0.4, 0.5) is 5.69 Å². The van der Waals surface area contributed by atoms with Crippen LogP contribution < -0.4 is 4.90 Å². The molecule has 76 valence electrons. The second-order valence-electron chi connectivity index (χ2n) is 3.41. The summed E-state index contributed by atoms with van der Waals surface area (Å²) in [6.45, 7) is 1.41. The van der Waals surface area contributed by atoms with Crippen LogP contribution in [-0.2, 0) is 11.2 Å². The molecule has 0 saturated heterocycles. The topological polar surface area (TPSA) is 40.5 Å². The van der Waals surface area contributed by atoms with Crippen LogP contribution >= 0.6 is 0 Å². The maximum Gasteiger partial charge on any atom is 0.381 e. The van der Waals surface area contributed by atoms with Crippen LogP contribution in [0.15, 0.2) is 24.3 Å². The van der Waals surface area contributed by atoms with Gasteiger partial charge in [0, 0.05) is 18.2 Å². The van der Waals surface area contributed by atoms with E-state index in [4.69, 9.17) is 5.11 Å². The van der Waals surface area contributed by atoms with Crippen molar-refractivity contribution >= 4 is 11.7 Å². The first-order valence-corrected chi connectivity index (χ1v) is 4.82. The summed E-state index contributed by atoms with van der Waals surface area (Å²) in [4.78, 5) is 12.3. The summed E-state index contributed by atoms with van der Waals surface area (Å²) in [7, 11) is 0. The number of fused-ring (bicyclic) bond motifs is 1. The fourth-order valence-electron chi connectivity index (χ4n) is 1.78. The molecule has 1 aliphatic heterocycles. The van der Waals surface area contributed by atoms with Crippen LogP contribution in [-0.4, -0.2) is 24.2 Å². The smallest absolute Gasteiger partial charge is 0.381 e.